The highest BCUT2D eigenvalue weighted by atomic mass is 16.3. The number of likely N-dealkylation sites (tertiary alicyclic amines) is 1. The smallest absolute Gasteiger partial charge is 0.257 e. The van der Waals surface area contributed by atoms with E-state index in [1.165, 1.54) is 12.8 Å². The van der Waals surface area contributed by atoms with Crippen molar-refractivity contribution in [3.8, 4) is 0 Å². The molecule has 104 valence electrons. The fourth-order valence-corrected chi connectivity index (χ4v) is 3.50. The summed E-state index contributed by atoms with van der Waals surface area (Å²) in [5.74, 6) is 1.70. The molecule has 0 saturated carbocycles. The minimum Gasteiger partial charge on any atom is -0.466 e. The minimum absolute atomic E-state index is 0.144. The number of amides is 1. The van der Waals surface area contributed by atoms with Crippen LogP contribution in [0.5, 0.6) is 0 Å². The lowest BCUT2D eigenvalue weighted by Crippen LogP contribution is -2.46. The number of nitrogens with one attached hydrogen (secondary N) is 1. The third kappa shape index (κ3) is 2.29. The van der Waals surface area contributed by atoms with Gasteiger partial charge in [0.15, 0.2) is 0 Å². The average Bonchev–Trinajstić information content (AvgIpc) is 3.06. The molecule has 0 aromatic carbocycles. The Morgan fingerprint density at radius 1 is 1.37 bits per heavy atom. The van der Waals surface area contributed by atoms with Gasteiger partial charge < -0.3 is 14.6 Å². The van der Waals surface area contributed by atoms with Crippen LogP contribution in [0, 0.1) is 13.8 Å². The van der Waals surface area contributed by atoms with Crippen molar-refractivity contribution in [1.29, 1.82) is 0 Å². The maximum Gasteiger partial charge on any atom is 0.257 e. The largest absolute Gasteiger partial charge is 0.466 e. The van der Waals surface area contributed by atoms with Crippen LogP contribution < -0.4 is 5.32 Å². The van der Waals surface area contributed by atoms with Gasteiger partial charge in [0, 0.05) is 18.6 Å². The first-order valence-electron chi connectivity index (χ1n) is 7.28. The monoisotopic (exact) mass is 262 g/mol. The Bertz CT molecular complexity index is 474. The van der Waals surface area contributed by atoms with Crippen LogP contribution in [0.1, 0.15) is 47.6 Å². The van der Waals surface area contributed by atoms with E-state index in [0.29, 0.717) is 12.1 Å². The van der Waals surface area contributed by atoms with Gasteiger partial charge in [0.25, 0.3) is 5.91 Å². The van der Waals surface area contributed by atoms with Crippen molar-refractivity contribution >= 4 is 5.91 Å². The molecule has 3 heterocycles. The van der Waals surface area contributed by atoms with Crippen LogP contribution in [-0.2, 0) is 0 Å². The second kappa shape index (κ2) is 5.00. The standard InChI is InChI=1S/C15H22N2O2/c1-10-9-12(11(2)19-10)15(18)17-8-4-6-14(17)13-5-3-7-16-13/h9,13-14,16H,3-8H2,1-2H3. The molecular formula is C15H22N2O2. The SMILES string of the molecule is Cc1cc(C(=O)N2CCCC2C2CCCN2)c(C)o1. The molecule has 2 atom stereocenters. The molecule has 0 bridgehead atoms. The van der Waals surface area contributed by atoms with E-state index in [9.17, 15) is 4.79 Å². The number of aryl methyl sites for hydroxylation is 2. The molecule has 1 aromatic rings. The highest BCUT2D eigenvalue weighted by Gasteiger charge is 2.36. The summed E-state index contributed by atoms with van der Waals surface area (Å²) in [6, 6.07) is 2.72. The van der Waals surface area contributed by atoms with Crippen LogP contribution in [0.15, 0.2) is 10.5 Å². The van der Waals surface area contributed by atoms with Gasteiger partial charge >= 0.3 is 0 Å². The predicted octanol–water partition coefficient (Wildman–Crippen LogP) is 2.25. The first kappa shape index (κ1) is 12.7. The Morgan fingerprint density at radius 3 is 2.84 bits per heavy atom. The lowest BCUT2D eigenvalue weighted by molar-refractivity contribution is 0.0709. The molecule has 2 unspecified atom stereocenters. The molecule has 1 N–H and O–H groups in total. The normalized spacial score (nSPS) is 27.2. The summed E-state index contributed by atoms with van der Waals surface area (Å²) in [5.41, 5.74) is 0.738. The molecule has 0 spiro atoms. The zero-order chi connectivity index (χ0) is 13.4. The quantitative estimate of drug-likeness (QED) is 0.889. The molecule has 2 aliphatic rings. The number of carbonyl (C=O) groups is 1. The van der Waals surface area contributed by atoms with Gasteiger partial charge in [-0.25, -0.2) is 0 Å². The second-order valence-corrected chi connectivity index (χ2v) is 5.74. The molecule has 4 heteroatoms. The number of carbonyl (C=O) groups excluding carboxylic acids is 1. The summed E-state index contributed by atoms with van der Waals surface area (Å²) in [7, 11) is 0. The molecule has 2 fully saturated rings. The molecule has 0 aliphatic carbocycles. The molecule has 1 amide bonds. The molecule has 2 aliphatic heterocycles. The van der Waals surface area contributed by atoms with Crippen molar-refractivity contribution in [2.75, 3.05) is 13.1 Å². The third-order valence-electron chi connectivity index (χ3n) is 4.39. The first-order valence-corrected chi connectivity index (χ1v) is 7.28. The third-order valence-corrected chi connectivity index (χ3v) is 4.39. The Hall–Kier alpha value is -1.29. The lowest BCUT2D eigenvalue weighted by atomic mass is 10.0. The van der Waals surface area contributed by atoms with Gasteiger partial charge in [-0.3, -0.25) is 4.79 Å². The molecule has 1 aromatic heterocycles. The van der Waals surface area contributed by atoms with E-state index >= 15 is 0 Å². The zero-order valence-electron chi connectivity index (χ0n) is 11.7. The molecule has 0 radical (unpaired) electrons. The molecular weight excluding hydrogens is 240 g/mol. The predicted molar refractivity (Wildman–Crippen MR) is 73.3 cm³/mol. The van der Waals surface area contributed by atoms with Gasteiger partial charge in [0.05, 0.1) is 5.56 Å². The van der Waals surface area contributed by atoms with E-state index in [0.717, 1.165) is 43.0 Å². The molecule has 2 saturated heterocycles. The van der Waals surface area contributed by atoms with Crippen molar-refractivity contribution in [3.63, 3.8) is 0 Å². The summed E-state index contributed by atoms with van der Waals surface area (Å²) >= 11 is 0. The van der Waals surface area contributed by atoms with Crippen molar-refractivity contribution in [2.24, 2.45) is 0 Å². The number of nitrogens with zero attached hydrogens (tertiary/aromatic N) is 1. The Kier molecular flexibility index (Phi) is 3.35. The van der Waals surface area contributed by atoms with E-state index < -0.39 is 0 Å². The molecule has 3 rings (SSSR count). The van der Waals surface area contributed by atoms with Gasteiger partial charge in [-0.1, -0.05) is 0 Å². The van der Waals surface area contributed by atoms with Crippen molar-refractivity contribution in [2.45, 2.75) is 51.6 Å². The summed E-state index contributed by atoms with van der Waals surface area (Å²) in [6.45, 7) is 5.74. The average molecular weight is 262 g/mol. The van der Waals surface area contributed by atoms with Gasteiger partial charge in [0.2, 0.25) is 0 Å². The first-order chi connectivity index (χ1) is 9.16. The number of hydrogen-bond acceptors (Lipinski definition) is 3. The molecule has 19 heavy (non-hydrogen) atoms. The number of furan rings is 1. The Balaban J connectivity index is 1.80. The van der Waals surface area contributed by atoms with E-state index in [-0.39, 0.29) is 5.91 Å². The van der Waals surface area contributed by atoms with Crippen molar-refractivity contribution in [3.05, 3.63) is 23.2 Å². The summed E-state index contributed by atoms with van der Waals surface area (Å²) in [4.78, 5) is 14.7. The number of rotatable bonds is 2. The van der Waals surface area contributed by atoms with Crippen molar-refractivity contribution in [1.82, 2.24) is 10.2 Å². The fourth-order valence-electron chi connectivity index (χ4n) is 3.50. The lowest BCUT2D eigenvalue weighted by Gasteiger charge is -2.29. The number of hydrogen-bond donors (Lipinski definition) is 1. The van der Waals surface area contributed by atoms with Gasteiger partial charge in [-0.15, -0.1) is 0 Å². The topological polar surface area (TPSA) is 45.5 Å². The van der Waals surface area contributed by atoms with E-state index in [1.807, 2.05) is 19.9 Å². The van der Waals surface area contributed by atoms with Crippen LogP contribution in [0.25, 0.3) is 0 Å². The Labute approximate surface area is 114 Å². The van der Waals surface area contributed by atoms with Crippen LogP contribution >= 0.6 is 0 Å². The van der Waals surface area contributed by atoms with Gasteiger partial charge in [0.1, 0.15) is 11.5 Å². The van der Waals surface area contributed by atoms with Crippen LogP contribution in [0.2, 0.25) is 0 Å². The maximum atomic E-state index is 12.7. The summed E-state index contributed by atoms with van der Waals surface area (Å²) in [6.07, 6.45) is 4.66. The maximum absolute atomic E-state index is 12.7. The highest BCUT2D eigenvalue weighted by Crippen LogP contribution is 2.27. The van der Waals surface area contributed by atoms with Crippen LogP contribution in [-0.4, -0.2) is 36.0 Å². The van der Waals surface area contributed by atoms with Crippen LogP contribution in [0.4, 0.5) is 0 Å². The minimum atomic E-state index is 0.144. The summed E-state index contributed by atoms with van der Waals surface area (Å²) < 4.78 is 5.49. The second-order valence-electron chi connectivity index (χ2n) is 5.74. The van der Waals surface area contributed by atoms with Gasteiger partial charge in [-0.05, 0) is 52.1 Å². The summed E-state index contributed by atoms with van der Waals surface area (Å²) in [5, 5.41) is 3.54. The van der Waals surface area contributed by atoms with Crippen molar-refractivity contribution < 1.29 is 9.21 Å². The fraction of sp³-hybridized carbons (Fsp3) is 0.667. The van der Waals surface area contributed by atoms with Gasteiger partial charge in [-0.2, -0.15) is 0 Å². The van der Waals surface area contributed by atoms with E-state index in [1.54, 1.807) is 0 Å². The van der Waals surface area contributed by atoms with Crippen LogP contribution in [0.3, 0.4) is 0 Å². The molecule has 4 nitrogen and oxygen atoms in total. The zero-order valence-corrected chi connectivity index (χ0v) is 11.7. The van der Waals surface area contributed by atoms with E-state index in [2.05, 4.69) is 10.2 Å². The van der Waals surface area contributed by atoms with E-state index in [4.69, 9.17) is 4.42 Å². The Morgan fingerprint density at radius 2 is 2.21 bits per heavy atom. The highest BCUT2D eigenvalue weighted by molar-refractivity contribution is 5.95.